The number of anilines is 1. The first-order valence-electron chi connectivity index (χ1n) is 5.61. The van der Waals surface area contributed by atoms with E-state index in [2.05, 4.69) is 15.3 Å². The second-order valence-corrected chi connectivity index (χ2v) is 4.41. The van der Waals surface area contributed by atoms with Crippen LogP contribution in [-0.2, 0) is 6.42 Å². The van der Waals surface area contributed by atoms with Crippen molar-refractivity contribution in [3.05, 3.63) is 52.6 Å². The summed E-state index contributed by atoms with van der Waals surface area (Å²) in [6.45, 7) is 2.59. The molecule has 0 fully saturated rings. The molecule has 0 saturated carbocycles. The maximum absolute atomic E-state index is 12.9. The predicted molar refractivity (Wildman–Crippen MR) is 70.4 cm³/mol. The molecule has 1 aromatic carbocycles. The summed E-state index contributed by atoms with van der Waals surface area (Å²) in [7, 11) is 0. The lowest BCUT2D eigenvalue weighted by atomic mass is 10.1. The lowest BCUT2D eigenvalue weighted by Gasteiger charge is -2.07. The molecule has 0 aliphatic rings. The third-order valence-electron chi connectivity index (χ3n) is 2.60. The van der Waals surface area contributed by atoms with E-state index in [9.17, 15) is 4.39 Å². The molecule has 0 atom stereocenters. The quantitative estimate of drug-likeness (QED) is 0.922. The van der Waals surface area contributed by atoms with Crippen LogP contribution in [0, 0.1) is 12.7 Å². The molecular formula is C13H13ClFN3. The van der Waals surface area contributed by atoms with Crippen molar-refractivity contribution in [1.82, 2.24) is 9.97 Å². The van der Waals surface area contributed by atoms with E-state index >= 15 is 0 Å². The highest BCUT2D eigenvalue weighted by Crippen LogP contribution is 2.11. The molecule has 0 aliphatic carbocycles. The smallest absolute Gasteiger partial charge is 0.222 e. The fourth-order valence-corrected chi connectivity index (χ4v) is 1.75. The molecule has 0 radical (unpaired) electrons. The van der Waals surface area contributed by atoms with Crippen LogP contribution in [0.4, 0.5) is 10.3 Å². The first-order valence-corrected chi connectivity index (χ1v) is 5.99. The van der Waals surface area contributed by atoms with E-state index in [1.807, 2.05) is 6.92 Å². The number of hydrogen-bond donors (Lipinski definition) is 1. The van der Waals surface area contributed by atoms with E-state index in [0.717, 1.165) is 17.5 Å². The van der Waals surface area contributed by atoms with Crippen LogP contribution in [0.15, 0.2) is 30.6 Å². The van der Waals surface area contributed by atoms with Crippen molar-refractivity contribution in [2.24, 2.45) is 0 Å². The zero-order valence-electron chi connectivity index (χ0n) is 9.95. The molecule has 5 heteroatoms. The van der Waals surface area contributed by atoms with Gasteiger partial charge < -0.3 is 5.32 Å². The number of aryl methyl sites for hydroxylation is 1. The van der Waals surface area contributed by atoms with Gasteiger partial charge in [-0.25, -0.2) is 14.4 Å². The van der Waals surface area contributed by atoms with Gasteiger partial charge in [-0.05, 0) is 36.6 Å². The molecule has 0 spiro atoms. The molecule has 0 amide bonds. The fraction of sp³-hybridized carbons (Fsp3) is 0.231. The third kappa shape index (κ3) is 3.40. The third-order valence-corrected chi connectivity index (χ3v) is 2.80. The van der Waals surface area contributed by atoms with Gasteiger partial charge in [0.05, 0.1) is 17.4 Å². The average Bonchev–Trinajstić information content (AvgIpc) is 2.34. The van der Waals surface area contributed by atoms with Gasteiger partial charge in [-0.15, -0.1) is 0 Å². The Bertz CT molecular complexity index is 528. The highest BCUT2D eigenvalue weighted by Gasteiger charge is 2.01. The Morgan fingerprint density at radius 1 is 1.28 bits per heavy atom. The van der Waals surface area contributed by atoms with E-state index in [1.165, 1.54) is 12.1 Å². The van der Waals surface area contributed by atoms with Crippen LogP contribution in [0.5, 0.6) is 0 Å². The van der Waals surface area contributed by atoms with Gasteiger partial charge in [-0.3, -0.25) is 0 Å². The van der Waals surface area contributed by atoms with E-state index in [0.29, 0.717) is 17.5 Å². The Morgan fingerprint density at radius 3 is 2.67 bits per heavy atom. The predicted octanol–water partition coefficient (Wildman–Crippen LogP) is 3.23. The molecule has 1 heterocycles. The van der Waals surface area contributed by atoms with Gasteiger partial charge in [-0.1, -0.05) is 17.7 Å². The molecule has 1 N–H and O–H groups in total. The van der Waals surface area contributed by atoms with Crippen molar-refractivity contribution >= 4 is 17.5 Å². The number of aromatic nitrogens is 2. The van der Waals surface area contributed by atoms with Crippen molar-refractivity contribution < 1.29 is 4.39 Å². The van der Waals surface area contributed by atoms with Crippen LogP contribution in [0.2, 0.25) is 5.02 Å². The van der Waals surface area contributed by atoms with E-state index in [-0.39, 0.29) is 5.82 Å². The zero-order valence-corrected chi connectivity index (χ0v) is 10.7. The number of rotatable bonds is 4. The van der Waals surface area contributed by atoms with E-state index in [4.69, 9.17) is 11.6 Å². The van der Waals surface area contributed by atoms with Crippen molar-refractivity contribution in [3.8, 4) is 0 Å². The molecule has 18 heavy (non-hydrogen) atoms. The maximum atomic E-state index is 12.9. The van der Waals surface area contributed by atoms with Gasteiger partial charge in [0.2, 0.25) is 5.95 Å². The van der Waals surface area contributed by atoms with Crippen molar-refractivity contribution in [3.63, 3.8) is 0 Å². The summed E-state index contributed by atoms with van der Waals surface area (Å²) in [6, 6.07) is 4.81. The Labute approximate surface area is 110 Å². The second kappa shape index (κ2) is 5.78. The summed E-state index contributed by atoms with van der Waals surface area (Å²) in [5, 5.41) is 3.60. The van der Waals surface area contributed by atoms with Gasteiger partial charge in [-0.2, -0.15) is 0 Å². The number of nitrogens with zero attached hydrogens (tertiary/aromatic N) is 2. The van der Waals surface area contributed by atoms with E-state index in [1.54, 1.807) is 18.5 Å². The number of nitrogens with one attached hydrogen (secondary N) is 1. The Hall–Kier alpha value is -1.68. The minimum Gasteiger partial charge on any atom is -0.354 e. The molecule has 2 aromatic rings. The SMILES string of the molecule is Cc1cc(F)ccc1CCNc1ncc(Cl)cn1. The van der Waals surface area contributed by atoms with Gasteiger partial charge in [0, 0.05) is 6.54 Å². The van der Waals surface area contributed by atoms with Crippen molar-refractivity contribution in [2.75, 3.05) is 11.9 Å². The monoisotopic (exact) mass is 265 g/mol. The fourth-order valence-electron chi connectivity index (χ4n) is 1.65. The molecular weight excluding hydrogens is 253 g/mol. The van der Waals surface area contributed by atoms with Crippen LogP contribution < -0.4 is 5.32 Å². The molecule has 3 nitrogen and oxygen atoms in total. The average molecular weight is 266 g/mol. The first kappa shape index (κ1) is 12.8. The largest absolute Gasteiger partial charge is 0.354 e. The topological polar surface area (TPSA) is 37.8 Å². The second-order valence-electron chi connectivity index (χ2n) is 3.97. The molecule has 0 saturated heterocycles. The summed E-state index contributed by atoms with van der Waals surface area (Å²) in [5.41, 5.74) is 2.06. The normalized spacial score (nSPS) is 10.4. The molecule has 1 aromatic heterocycles. The highest BCUT2D eigenvalue weighted by molar-refractivity contribution is 6.30. The Balaban J connectivity index is 1.90. The van der Waals surface area contributed by atoms with Gasteiger partial charge >= 0.3 is 0 Å². The highest BCUT2D eigenvalue weighted by atomic mass is 35.5. The van der Waals surface area contributed by atoms with Crippen molar-refractivity contribution in [1.29, 1.82) is 0 Å². The minimum atomic E-state index is -0.203. The summed E-state index contributed by atoms with van der Waals surface area (Å²) in [6.07, 6.45) is 3.87. The summed E-state index contributed by atoms with van der Waals surface area (Å²) < 4.78 is 12.9. The number of benzene rings is 1. The molecule has 94 valence electrons. The molecule has 0 bridgehead atoms. The summed E-state index contributed by atoms with van der Waals surface area (Å²) >= 11 is 5.69. The Morgan fingerprint density at radius 2 is 2.00 bits per heavy atom. The molecule has 2 rings (SSSR count). The lowest BCUT2D eigenvalue weighted by Crippen LogP contribution is -2.08. The first-order chi connectivity index (χ1) is 8.65. The van der Waals surface area contributed by atoms with Crippen molar-refractivity contribution in [2.45, 2.75) is 13.3 Å². The number of hydrogen-bond acceptors (Lipinski definition) is 3. The summed E-state index contributed by atoms with van der Waals surface area (Å²) in [4.78, 5) is 8.06. The van der Waals surface area contributed by atoms with Crippen LogP contribution in [0.3, 0.4) is 0 Å². The van der Waals surface area contributed by atoms with Gasteiger partial charge in [0.15, 0.2) is 0 Å². The minimum absolute atomic E-state index is 0.203. The number of halogens is 2. The van der Waals surface area contributed by atoms with Crippen LogP contribution >= 0.6 is 11.6 Å². The van der Waals surface area contributed by atoms with Crippen LogP contribution in [0.25, 0.3) is 0 Å². The standard InChI is InChI=1S/C13H13ClFN3/c1-9-6-12(15)3-2-10(9)4-5-16-13-17-7-11(14)8-18-13/h2-3,6-8H,4-5H2,1H3,(H,16,17,18). The van der Waals surface area contributed by atoms with Gasteiger partial charge in [0.1, 0.15) is 5.82 Å². The summed E-state index contributed by atoms with van der Waals surface area (Å²) in [5.74, 6) is 0.337. The molecule has 0 aliphatic heterocycles. The van der Waals surface area contributed by atoms with Crippen LogP contribution in [-0.4, -0.2) is 16.5 Å². The van der Waals surface area contributed by atoms with Gasteiger partial charge in [0.25, 0.3) is 0 Å². The lowest BCUT2D eigenvalue weighted by molar-refractivity contribution is 0.625. The Kier molecular flexibility index (Phi) is 4.10. The maximum Gasteiger partial charge on any atom is 0.222 e. The zero-order chi connectivity index (χ0) is 13.0. The van der Waals surface area contributed by atoms with E-state index < -0.39 is 0 Å². The van der Waals surface area contributed by atoms with Crippen LogP contribution in [0.1, 0.15) is 11.1 Å². The molecule has 0 unspecified atom stereocenters.